The van der Waals surface area contributed by atoms with Gasteiger partial charge in [0.15, 0.2) is 0 Å². The van der Waals surface area contributed by atoms with E-state index in [2.05, 4.69) is 26.1 Å². The average Bonchev–Trinajstić information content (AvgIpc) is 2.67. The van der Waals surface area contributed by atoms with E-state index >= 15 is 0 Å². The minimum atomic E-state index is 0.103. The van der Waals surface area contributed by atoms with Crippen molar-refractivity contribution in [2.75, 3.05) is 13.6 Å². The number of amides is 1. The van der Waals surface area contributed by atoms with Gasteiger partial charge in [-0.2, -0.15) is 0 Å². The third kappa shape index (κ3) is 4.52. The van der Waals surface area contributed by atoms with E-state index in [1.54, 1.807) is 0 Å². The van der Waals surface area contributed by atoms with E-state index in [9.17, 15) is 4.79 Å². The molecule has 1 rings (SSSR count). The normalized spacial score (nSPS) is 17.8. The van der Waals surface area contributed by atoms with Gasteiger partial charge in [-0.05, 0) is 33.6 Å². The molecule has 0 aromatic rings. The monoisotopic (exact) mass is 226 g/mol. The maximum atomic E-state index is 11.9. The largest absolute Gasteiger partial charge is 0.343 e. The highest BCUT2D eigenvalue weighted by atomic mass is 16.2. The maximum Gasteiger partial charge on any atom is 0.223 e. The Labute approximate surface area is 99.6 Å². The molecule has 1 aliphatic rings. The van der Waals surface area contributed by atoms with Crippen LogP contribution in [0, 0.1) is 0 Å². The number of nitrogens with one attached hydrogen (secondary N) is 1. The van der Waals surface area contributed by atoms with E-state index < -0.39 is 0 Å². The van der Waals surface area contributed by atoms with Crippen LogP contribution in [-0.4, -0.2) is 36.0 Å². The van der Waals surface area contributed by atoms with Gasteiger partial charge in [0.05, 0.1) is 0 Å². The molecule has 0 heterocycles. The van der Waals surface area contributed by atoms with Gasteiger partial charge >= 0.3 is 0 Å². The van der Waals surface area contributed by atoms with Gasteiger partial charge in [0.25, 0.3) is 0 Å². The first-order valence-corrected chi connectivity index (χ1v) is 6.41. The SMILES string of the molecule is CN(C(=O)CCNC(C)(C)C)C1CCCC1. The summed E-state index contributed by atoms with van der Waals surface area (Å²) in [7, 11) is 1.95. The zero-order valence-electron chi connectivity index (χ0n) is 11.2. The van der Waals surface area contributed by atoms with Gasteiger partial charge < -0.3 is 10.2 Å². The Hall–Kier alpha value is -0.570. The van der Waals surface area contributed by atoms with Gasteiger partial charge in [-0.15, -0.1) is 0 Å². The van der Waals surface area contributed by atoms with Gasteiger partial charge in [0.2, 0.25) is 5.91 Å². The third-order valence-electron chi connectivity index (χ3n) is 3.26. The van der Waals surface area contributed by atoms with Crippen LogP contribution in [0.5, 0.6) is 0 Å². The highest BCUT2D eigenvalue weighted by Gasteiger charge is 2.23. The van der Waals surface area contributed by atoms with E-state index in [-0.39, 0.29) is 11.4 Å². The molecule has 0 aromatic heterocycles. The first-order valence-electron chi connectivity index (χ1n) is 6.41. The fourth-order valence-electron chi connectivity index (χ4n) is 2.22. The summed E-state index contributed by atoms with van der Waals surface area (Å²) < 4.78 is 0. The molecule has 94 valence electrons. The summed E-state index contributed by atoms with van der Waals surface area (Å²) in [6, 6.07) is 0.502. The van der Waals surface area contributed by atoms with E-state index in [0.717, 1.165) is 6.54 Å². The average molecular weight is 226 g/mol. The number of hydrogen-bond donors (Lipinski definition) is 1. The third-order valence-corrected chi connectivity index (χ3v) is 3.26. The number of nitrogens with zero attached hydrogens (tertiary/aromatic N) is 1. The van der Waals surface area contributed by atoms with Crippen LogP contribution in [0.1, 0.15) is 52.9 Å². The van der Waals surface area contributed by atoms with Crippen molar-refractivity contribution in [3.63, 3.8) is 0 Å². The Kier molecular flexibility index (Phi) is 4.78. The lowest BCUT2D eigenvalue weighted by Gasteiger charge is -2.26. The summed E-state index contributed by atoms with van der Waals surface area (Å²) in [6.45, 7) is 7.15. The molecule has 1 aliphatic carbocycles. The maximum absolute atomic E-state index is 11.9. The fourth-order valence-corrected chi connectivity index (χ4v) is 2.22. The Bertz CT molecular complexity index is 227. The summed E-state index contributed by atoms with van der Waals surface area (Å²) >= 11 is 0. The van der Waals surface area contributed by atoms with Gasteiger partial charge in [-0.25, -0.2) is 0 Å². The molecule has 3 nitrogen and oxygen atoms in total. The van der Waals surface area contributed by atoms with Crippen molar-refractivity contribution in [1.29, 1.82) is 0 Å². The molecule has 0 saturated heterocycles. The first-order chi connectivity index (χ1) is 7.40. The van der Waals surface area contributed by atoms with E-state index in [1.807, 2.05) is 11.9 Å². The van der Waals surface area contributed by atoms with Crippen molar-refractivity contribution in [2.45, 2.75) is 64.5 Å². The second kappa shape index (κ2) is 5.67. The fraction of sp³-hybridized carbons (Fsp3) is 0.923. The Balaban J connectivity index is 2.23. The summed E-state index contributed by atoms with van der Waals surface area (Å²) in [5, 5.41) is 3.35. The highest BCUT2D eigenvalue weighted by Crippen LogP contribution is 2.22. The van der Waals surface area contributed by atoms with Crippen molar-refractivity contribution in [2.24, 2.45) is 0 Å². The van der Waals surface area contributed by atoms with Crippen LogP contribution in [0.2, 0.25) is 0 Å². The van der Waals surface area contributed by atoms with Gasteiger partial charge in [0, 0.05) is 31.6 Å². The highest BCUT2D eigenvalue weighted by molar-refractivity contribution is 5.76. The topological polar surface area (TPSA) is 32.3 Å². The zero-order chi connectivity index (χ0) is 12.2. The van der Waals surface area contributed by atoms with Crippen LogP contribution < -0.4 is 5.32 Å². The van der Waals surface area contributed by atoms with Crippen LogP contribution >= 0.6 is 0 Å². The smallest absolute Gasteiger partial charge is 0.223 e. The lowest BCUT2D eigenvalue weighted by molar-refractivity contribution is -0.131. The molecule has 0 radical (unpaired) electrons. The van der Waals surface area contributed by atoms with E-state index in [1.165, 1.54) is 25.7 Å². The van der Waals surface area contributed by atoms with Crippen molar-refractivity contribution >= 4 is 5.91 Å². The predicted molar refractivity (Wildman–Crippen MR) is 67.4 cm³/mol. The first kappa shape index (κ1) is 13.5. The number of hydrogen-bond acceptors (Lipinski definition) is 2. The van der Waals surface area contributed by atoms with Gasteiger partial charge in [0.1, 0.15) is 0 Å². The lowest BCUT2D eigenvalue weighted by Crippen LogP contribution is -2.40. The Morgan fingerprint density at radius 2 is 1.88 bits per heavy atom. The Morgan fingerprint density at radius 1 is 1.31 bits per heavy atom. The zero-order valence-corrected chi connectivity index (χ0v) is 11.2. The quantitative estimate of drug-likeness (QED) is 0.797. The van der Waals surface area contributed by atoms with Crippen molar-refractivity contribution < 1.29 is 4.79 Å². The molecule has 1 amide bonds. The van der Waals surface area contributed by atoms with Crippen molar-refractivity contribution in [1.82, 2.24) is 10.2 Å². The molecule has 0 unspecified atom stereocenters. The second-order valence-corrected chi connectivity index (χ2v) is 5.87. The van der Waals surface area contributed by atoms with Crippen LogP contribution in [-0.2, 0) is 4.79 Å². The molecular weight excluding hydrogens is 200 g/mol. The molecular formula is C13H26N2O. The summed E-state index contributed by atoms with van der Waals surface area (Å²) in [5.74, 6) is 0.281. The molecule has 0 atom stereocenters. The van der Waals surface area contributed by atoms with Gasteiger partial charge in [-0.3, -0.25) is 4.79 Å². The van der Waals surface area contributed by atoms with Crippen LogP contribution in [0.25, 0.3) is 0 Å². The number of rotatable bonds is 4. The molecule has 0 spiro atoms. The molecule has 0 aromatic carbocycles. The molecule has 1 N–H and O–H groups in total. The number of carbonyl (C=O) groups excluding carboxylic acids is 1. The molecule has 1 saturated carbocycles. The number of carbonyl (C=O) groups is 1. The minimum absolute atomic E-state index is 0.103. The molecule has 0 aliphatic heterocycles. The lowest BCUT2D eigenvalue weighted by atomic mass is 10.1. The molecule has 0 bridgehead atoms. The standard InChI is InChI=1S/C13H26N2O/c1-13(2,3)14-10-9-12(16)15(4)11-7-5-6-8-11/h11,14H,5-10H2,1-4H3. The van der Waals surface area contributed by atoms with Crippen LogP contribution in [0.15, 0.2) is 0 Å². The van der Waals surface area contributed by atoms with Crippen LogP contribution in [0.3, 0.4) is 0 Å². The summed E-state index contributed by atoms with van der Waals surface area (Å²) in [6.07, 6.45) is 5.55. The molecule has 16 heavy (non-hydrogen) atoms. The minimum Gasteiger partial charge on any atom is -0.343 e. The van der Waals surface area contributed by atoms with Gasteiger partial charge in [-0.1, -0.05) is 12.8 Å². The summed E-state index contributed by atoms with van der Waals surface area (Å²) in [5.41, 5.74) is 0.103. The molecule has 1 fully saturated rings. The second-order valence-electron chi connectivity index (χ2n) is 5.87. The van der Waals surface area contributed by atoms with Crippen molar-refractivity contribution in [3.05, 3.63) is 0 Å². The van der Waals surface area contributed by atoms with Crippen molar-refractivity contribution in [3.8, 4) is 0 Å². The van der Waals surface area contributed by atoms with E-state index in [0.29, 0.717) is 12.5 Å². The van der Waals surface area contributed by atoms with E-state index in [4.69, 9.17) is 0 Å². The Morgan fingerprint density at radius 3 is 2.38 bits per heavy atom. The molecule has 3 heteroatoms. The van der Waals surface area contributed by atoms with Crippen LogP contribution in [0.4, 0.5) is 0 Å². The summed E-state index contributed by atoms with van der Waals surface area (Å²) in [4.78, 5) is 13.9. The predicted octanol–water partition coefficient (Wildman–Crippen LogP) is 2.17.